The van der Waals surface area contributed by atoms with Crippen LogP contribution in [0.25, 0.3) is 5.69 Å². The molecule has 1 amide bonds. The first-order valence-electron chi connectivity index (χ1n) is 7.95. The third-order valence-electron chi connectivity index (χ3n) is 3.92. The van der Waals surface area contributed by atoms with Gasteiger partial charge in [-0.3, -0.25) is 4.79 Å². The highest BCUT2D eigenvalue weighted by Gasteiger charge is 2.18. The van der Waals surface area contributed by atoms with Crippen molar-refractivity contribution in [1.29, 1.82) is 0 Å². The molecular weight excluding hydrogens is 316 g/mol. The Kier molecular flexibility index (Phi) is 4.52. The first-order chi connectivity index (χ1) is 12.0. The summed E-state index contributed by atoms with van der Waals surface area (Å²) in [5.41, 5.74) is 4.50. The SMILES string of the molecule is COc1ccccc1NC(=O)c1nn(-c2ccc(C)cc2C)nc1C. The molecule has 3 rings (SSSR count). The molecule has 0 radical (unpaired) electrons. The Labute approximate surface area is 146 Å². The van der Waals surface area contributed by atoms with E-state index < -0.39 is 0 Å². The van der Waals surface area contributed by atoms with Crippen molar-refractivity contribution < 1.29 is 9.53 Å². The van der Waals surface area contributed by atoms with E-state index >= 15 is 0 Å². The fourth-order valence-corrected chi connectivity index (χ4v) is 2.66. The minimum Gasteiger partial charge on any atom is -0.495 e. The van der Waals surface area contributed by atoms with Crippen LogP contribution in [-0.2, 0) is 0 Å². The number of aryl methyl sites for hydroxylation is 3. The van der Waals surface area contributed by atoms with Gasteiger partial charge in [-0.05, 0) is 44.5 Å². The summed E-state index contributed by atoms with van der Waals surface area (Å²) in [6.45, 7) is 5.80. The van der Waals surface area contributed by atoms with Gasteiger partial charge in [-0.2, -0.15) is 9.90 Å². The number of hydrogen-bond acceptors (Lipinski definition) is 4. The maximum absolute atomic E-state index is 12.6. The Morgan fingerprint density at radius 3 is 2.56 bits per heavy atom. The topological polar surface area (TPSA) is 69.0 Å². The van der Waals surface area contributed by atoms with Crippen LogP contribution in [0.5, 0.6) is 5.75 Å². The van der Waals surface area contributed by atoms with E-state index in [9.17, 15) is 4.79 Å². The van der Waals surface area contributed by atoms with Crippen LogP contribution < -0.4 is 10.1 Å². The molecule has 1 N–H and O–H groups in total. The number of carbonyl (C=O) groups is 1. The lowest BCUT2D eigenvalue weighted by atomic mass is 10.1. The lowest BCUT2D eigenvalue weighted by Crippen LogP contribution is -2.15. The summed E-state index contributed by atoms with van der Waals surface area (Å²) >= 11 is 0. The second kappa shape index (κ2) is 6.76. The highest BCUT2D eigenvalue weighted by atomic mass is 16.5. The predicted octanol–water partition coefficient (Wildman–Crippen LogP) is 3.45. The summed E-state index contributed by atoms with van der Waals surface area (Å²) in [7, 11) is 1.56. The van der Waals surface area contributed by atoms with E-state index in [2.05, 4.69) is 21.6 Å². The van der Waals surface area contributed by atoms with Gasteiger partial charge in [-0.25, -0.2) is 0 Å². The Balaban J connectivity index is 1.91. The van der Waals surface area contributed by atoms with Crippen molar-refractivity contribution in [2.24, 2.45) is 0 Å². The van der Waals surface area contributed by atoms with Gasteiger partial charge in [-0.15, -0.1) is 5.10 Å². The van der Waals surface area contributed by atoms with E-state index in [4.69, 9.17) is 4.74 Å². The quantitative estimate of drug-likeness (QED) is 0.792. The van der Waals surface area contributed by atoms with Crippen molar-refractivity contribution in [3.05, 3.63) is 65.0 Å². The molecule has 0 saturated carbocycles. The van der Waals surface area contributed by atoms with E-state index in [0.29, 0.717) is 17.1 Å². The molecule has 1 aromatic heterocycles. The van der Waals surface area contributed by atoms with Crippen LogP contribution >= 0.6 is 0 Å². The molecule has 0 unspecified atom stereocenters. The number of hydrogen-bond donors (Lipinski definition) is 1. The number of ether oxygens (including phenoxy) is 1. The van der Waals surface area contributed by atoms with Gasteiger partial charge in [0.25, 0.3) is 5.91 Å². The largest absolute Gasteiger partial charge is 0.495 e. The van der Waals surface area contributed by atoms with Crippen molar-refractivity contribution in [1.82, 2.24) is 15.0 Å². The lowest BCUT2D eigenvalue weighted by molar-refractivity contribution is 0.102. The number of methoxy groups -OCH3 is 1. The minimum atomic E-state index is -0.321. The summed E-state index contributed by atoms with van der Waals surface area (Å²) < 4.78 is 5.26. The van der Waals surface area contributed by atoms with Gasteiger partial charge in [0, 0.05) is 0 Å². The zero-order chi connectivity index (χ0) is 18.0. The number of para-hydroxylation sites is 2. The Hall–Kier alpha value is -3.15. The number of anilines is 1. The number of amides is 1. The molecular formula is C19H20N4O2. The zero-order valence-corrected chi connectivity index (χ0v) is 14.7. The van der Waals surface area contributed by atoms with Gasteiger partial charge in [0.05, 0.1) is 24.2 Å². The Morgan fingerprint density at radius 2 is 1.84 bits per heavy atom. The van der Waals surface area contributed by atoms with E-state index in [1.54, 1.807) is 26.2 Å². The average molecular weight is 336 g/mol. The van der Waals surface area contributed by atoms with Crippen LogP contribution in [0.2, 0.25) is 0 Å². The summed E-state index contributed by atoms with van der Waals surface area (Å²) in [6.07, 6.45) is 0. The fourth-order valence-electron chi connectivity index (χ4n) is 2.66. The van der Waals surface area contributed by atoms with Gasteiger partial charge in [0.2, 0.25) is 0 Å². The van der Waals surface area contributed by atoms with Gasteiger partial charge < -0.3 is 10.1 Å². The summed E-state index contributed by atoms with van der Waals surface area (Å²) in [6, 6.07) is 13.2. The smallest absolute Gasteiger partial charge is 0.278 e. The average Bonchev–Trinajstić information content (AvgIpc) is 2.97. The van der Waals surface area contributed by atoms with Crippen LogP contribution in [0.15, 0.2) is 42.5 Å². The van der Waals surface area contributed by atoms with Gasteiger partial charge in [0.15, 0.2) is 5.69 Å². The van der Waals surface area contributed by atoms with Crippen LogP contribution in [0, 0.1) is 20.8 Å². The van der Waals surface area contributed by atoms with E-state index in [0.717, 1.165) is 11.3 Å². The molecule has 0 spiro atoms. The number of aromatic nitrogens is 3. The first kappa shape index (κ1) is 16.7. The second-order valence-electron chi connectivity index (χ2n) is 5.87. The molecule has 6 heteroatoms. The van der Waals surface area contributed by atoms with Crippen LogP contribution in [0.3, 0.4) is 0 Å². The highest BCUT2D eigenvalue weighted by molar-refractivity contribution is 6.04. The monoisotopic (exact) mass is 336 g/mol. The minimum absolute atomic E-state index is 0.283. The molecule has 0 bridgehead atoms. The van der Waals surface area contributed by atoms with Crippen LogP contribution in [0.1, 0.15) is 27.3 Å². The number of benzene rings is 2. The molecule has 128 valence electrons. The van der Waals surface area contributed by atoms with E-state index in [1.165, 1.54) is 10.4 Å². The summed E-state index contributed by atoms with van der Waals surface area (Å²) in [4.78, 5) is 14.1. The third kappa shape index (κ3) is 3.38. The fraction of sp³-hybridized carbons (Fsp3) is 0.211. The normalized spacial score (nSPS) is 10.6. The first-order valence-corrected chi connectivity index (χ1v) is 7.95. The number of nitrogens with zero attached hydrogens (tertiary/aromatic N) is 3. The summed E-state index contributed by atoms with van der Waals surface area (Å²) in [5.74, 6) is 0.272. The van der Waals surface area contributed by atoms with Crippen molar-refractivity contribution in [2.45, 2.75) is 20.8 Å². The molecule has 1 heterocycles. The van der Waals surface area contributed by atoms with Crippen molar-refractivity contribution >= 4 is 11.6 Å². The van der Waals surface area contributed by atoms with E-state index in [-0.39, 0.29) is 11.6 Å². The molecule has 6 nitrogen and oxygen atoms in total. The zero-order valence-electron chi connectivity index (χ0n) is 14.7. The molecule has 3 aromatic rings. The van der Waals surface area contributed by atoms with Gasteiger partial charge in [-0.1, -0.05) is 29.8 Å². The Bertz CT molecular complexity index is 931. The van der Waals surface area contributed by atoms with E-state index in [1.807, 2.05) is 38.1 Å². The lowest BCUT2D eigenvalue weighted by Gasteiger charge is -2.08. The van der Waals surface area contributed by atoms with Crippen LogP contribution in [0.4, 0.5) is 5.69 Å². The molecule has 25 heavy (non-hydrogen) atoms. The van der Waals surface area contributed by atoms with Gasteiger partial charge in [0.1, 0.15) is 5.75 Å². The summed E-state index contributed by atoms with van der Waals surface area (Å²) in [5, 5.41) is 11.6. The third-order valence-corrected chi connectivity index (χ3v) is 3.92. The van der Waals surface area contributed by atoms with Gasteiger partial charge >= 0.3 is 0 Å². The maximum Gasteiger partial charge on any atom is 0.278 e. The number of nitrogens with one attached hydrogen (secondary N) is 1. The number of carbonyl (C=O) groups excluding carboxylic acids is 1. The highest BCUT2D eigenvalue weighted by Crippen LogP contribution is 2.24. The molecule has 0 aliphatic heterocycles. The van der Waals surface area contributed by atoms with Crippen LogP contribution in [-0.4, -0.2) is 28.0 Å². The molecule has 0 fully saturated rings. The standard InChI is InChI=1S/C19H20N4O2/c1-12-9-10-16(13(2)11-12)23-21-14(3)18(22-23)19(24)20-15-7-5-6-8-17(15)25-4/h5-11H,1-4H3,(H,20,24). The molecule has 2 aromatic carbocycles. The molecule has 0 saturated heterocycles. The van der Waals surface area contributed by atoms with Crippen molar-refractivity contribution in [3.63, 3.8) is 0 Å². The number of rotatable bonds is 4. The molecule has 0 aliphatic carbocycles. The molecule has 0 aliphatic rings. The predicted molar refractivity (Wildman–Crippen MR) is 96.5 cm³/mol. The second-order valence-corrected chi connectivity index (χ2v) is 5.87. The Morgan fingerprint density at radius 1 is 1.08 bits per heavy atom. The van der Waals surface area contributed by atoms with Crippen molar-refractivity contribution in [3.8, 4) is 11.4 Å². The maximum atomic E-state index is 12.6. The molecule has 0 atom stereocenters. The van der Waals surface area contributed by atoms with Crippen molar-refractivity contribution in [2.75, 3.05) is 12.4 Å².